The fraction of sp³-hybridized carbons (Fsp3) is 0.385. The first kappa shape index (κ1) is 16.5. The van der Waals surface area contributed by atoms with Gasteiger partial charge in [-0.2, -0.15) is 0 Å². The van der Waals surface area contributed by atoms with Crippen molar-refractivity contribution in [1.82, 2.24) is 25.8 Å². The molecule has 0 fully saturated rings. The summed E-state index contributed by atoms with van der Waals surface area (Å²) in [5.74, 6) is 0.371. The van der Waals surface area contributed by atoms with E-state index in [0.717, 1.165) is 11.3 Å². The Morgan fingerprint density at radius 3 is 3.00 bits per heavy atom. The lowest BCUT2D eigenvalue weighted by Gasteiger charge is -2.11. The van der Waals surface area contributed by atoms with Gasteiger partial charge in [0.2, 0.25) is 11.1 Å². The zero-order valence-electron chi connectivity index (χ0n) is 12.3. The minimum Gasteiger partial charge on any atom is -0.335 e. The number of hydrogen-bond donors (Lipinski definition) is 3. The molecule has 0 saturated carbocycles. The lowest BCUT2D eigenvalue weighted by atomic mass is 10.3. The van der Waals surface area contributed by atoms with E-state index in [9.17, 15) is 9.59 Å². The second kappa shape index (κ2) is 7.95. The number of thioether (sulfide) groups is 1. The molecule has 0 aliphatic rings. The number of carbonyl (C=O) groups is 2. The van der Waals surface area contributed by atoms with Crippen LogP contribution in [0.3, 0.4) is 0 Å². The van der Waals surface area contributed by atoms with Gasteiger partial charge in [0.25, 0.3) is 0 Å². The van der Waals surface area contributed by atoms with Gasteiger partial charge in [-0.25, -0.2) is 9.78 Å². The van der Waals surface area contributed by atoms with E-state index in [1.807, 2.05) is 31.4 Å². The third-order valence-corrected chi connectivity index (χ3v) is 4.52. The average molecular weight is 339 g/mol. The molecule has 0 unspecified atom stereocenters. The van der Waals surface area contributed by atoms with E-state index in [1.54, 1.807) is 11.3 Å². The average Bonchev–Trinajstić information content (AvgIpc) is 3.15. The molecule has 7 nitrogen and oxygen atoms in total. The number of imide groups is 1. The molecule has 1 atom stereocenters. The van der Waals surface area contributed by atoms with Crippen LogP contribution in [-0.2, 0) is 4.79 Å². The number of urea groups is 1. The van der Waals surface area contributed by atoms with Crippen molar-refractivity contribution < 1.29 is 9.59 Å². The van der Waals surface area contributed by atoms with Crippen LogP contribution < -0.4 is 10.6 Å². The summed E-state index contributed by atoms with van der Waals surface area (Å²) in [5, 5.41) is 14.2. The molecule has 0 saturated heterocycles. The number of aromatic amines is 1. The van der Waals surface area contributed by atoms with Gasteiger partial charge in [-0.3, -0.25) is 15.2 Å². The maximum absolute atomic E-state index is 11.7. The molecule has 0 aliphatic heterocycles. The summed E-state index contributed by atoms with van der Waals surface area (Å²) in [6, 6.07) is 3.42. The van der Waals surface area contributed by atoms with Crippen LogP contribution in [-0.4, -0.2) is 38.9 Å². The van der Waals surface area contributed by atoms with Crippen LogP contribution in [0, 0.1) is 0 Å². The fourth-order valence-corrected chi connectivity index (χ4v) is 2.75. The van der Waals surface area contributed by atoms with Crippen LogP contribution in [0.15, 0.2) is 22.7 Å². The standard InChI is InChI=1S/C13H17N5O2S2/c1-3-8(2)14-12(20)15-10(19)7-22-13-16-11(17-18-13)9-5-4-6-21-9/h4-6,8H,3,7H2,1-2H3,(H,16,17,18)(H2,14,15,19,20)/t8-/m0/s1. The van der Waals surface area contributed by atoms with Crippen molar-refractivity contribution >= 4 is 35.0 Å². The second-order valence-electron chi connectivity index (χ2n) is 4.56. The highest BCUT2D eigenvalue weighted by Crippen LogP contribution is 2.22. The fourth-order valence-electron chi connectivity index (χ4n) is 1.49. The molecule has 9 heteroatoms. The number of amides is 3. The number of rotatable bonds is 6. The third-order valence-electron chi connectivity index (χ3n) is 2.79. The summed E-state index contributed by atoms with van der Waals surface area (Å²) in [6.07, 6.45) is 0.805. The number of nitrogens with one attached hydrogen (secondary N) is 3. The van der Waals surface area contributed by atoms with Gasteiger partial charge in [0, 0.05) is 6.04 Å². The topological polar surface area (TPSA) is 99.8 Å². The Hall–Kier alpha value is -1.87. The molecule has 2 aromatic rings. The summed E-state index contributed by atoms with van der Waals surface area (Å²) < 4.78 is 0. The van der Waals surface area contributed by atoms with Crippen molar-refractivity contribution in [2.75, 3.05) is 5.75 Å². The van der Waals surface area contributed by atoms with Crippen LogP contribution >= 0.6 is 23.1 Å². The Morgan fingerprint density at radius 2 is 2.32 bits per heavy atom. The van der Waals surface area contributed by atoms with Crippen molar-refractivity contribution in [3.05, 3.63) is 17.5 Å². The minimum absolute atomic E-state index is 0.0295. The minimum atomic E-state index is -0.478. The number of thiophene rings is 1. The highest BCUT2D eigenvalue weighted by atomic mass is 32.2. The first-order chi connectivity index (χ1) is 10.6. The van der Waals surface area contributed by atoms with Crippen molar-refractivity contribution in [2.45, 2.75) is 31.5 Å². The summed E-state index contributed by atoms with van der Waals surface area (Å²) in [7, 11) is 0. The van der Waals surface area contributed by atoms with Crippen LogP contribution in [0.5, 0.6) is 0 Å². The van der Waals surface area contributed by atoms with E-state index in [0.29, 0.717) is 11.0 Å². The Bertz CT molecular complexity index is 626. The smallest absolute Gasteiger partial charge is 0.321 e. The molecule has 0 spiro atoms. The molecule has 0 aromatic carbocycles. The van der Waals surface area contributed by atoms with Gasteiger partial charge >= 0.3 is 6.03 Å². The Labute approximate surface area is 136 Å². The first-order valence-electron chi connectivity index (χ1n) is 6.78. The lowest BCUT2D eigenvalue weighted by Crippen LogP contribution is -2.43. The highest BCUT2D eigenvalue weighted by molar-refractivity contribution is 7.99. The van der Waals surface area contributed by atoms with Gasteiger partial charge in [0.1, 0.15) is 0 Å². The van der Waals surface area contributed by atoms with Crippen LogP contribution in [0.4, 0.5) is 4.79 Å². The van der Waals surface area contributed by atoms with Crippen LogP contribution in [0.2, 0.25) is 0 Å². The van der Waals surface area contributed by atoms with Gasteiger partial charge < -0.3 is 5.32 Å². The van der Waals surface area contributed by atoms with E-state index in [4.69, 9.17) is 0 Å². The van der Waals surface area contributed by atoms with Gasteiger partial charge in [-0.1, -0.05) is 24.8 Å². The molecule has 2 aromatic heterocycles. The van der Waals surface area contributed by atoms with Crippen LogP contribution in [0.1, 0.15) is 20.3 Å². The molecule has 3 N–H and O–H groups in total. The SMILES string of the molecule is CC[C@H](C)NC(=O)NC(=O)CSc1n[nH]c(-c2cccs2)n1. The lowest BCUT2D eigenvalue weighted by molar-refractivity contribution is -0.117. The predicted octanol–water partition coefficient (Wildman–Crippen LogP) is 2.25. The predicted molar refractivity (Wildman–Crippen MR) is 86.8 cm³/mol. The number of H-pyrrole nitrogens is 1. The van der Waals surface area contributed by atoms with Crippen molar-refractivity contribution in [2.24, 2.45) is 0 Å². The summed E-state index contributed by atoms with van der Waals surface area (Å²) in [5.41, 5.74) is 0. The largest absolute Gasteiger partial charge is 0.335 e. The van der Waals surface area contributed by atoms with Gasteiger partial charge in [-0.15, -0.1) is 16.4 Å². The first-order valence-corrected chi connectivity index (χ1v) is 8.64. The molecular weight excluding hydrogens is 322 g/mol. The molecule has 2 rings (SSSR count). The van der Waals surface area contributed by atoms with E-state index in [1.165, 1.54) is 11.8 Å². The normalized spacial score (nSPS) is 11.9. The van der Waals surface area contributed by atoms with E-state index >= 15 is 0 Å². The Balaban J connectivity index is 1.78. The maximum Gasteiger partial charge on any atom is 0.321 e. The number of aromatic nitrogens is 3. The zero-order chi connectivity index (χ0) is 15.9. The molecule has 2 heterocycles. The molecule has 118 valence electrons. The van der Waals surface area contributed by atoms with Crippen molar-refractivity contribution in [1.29, 1.82) is 0 Å². The van der Waals surface area contributed by atoms with Crippen molar-refractivity contribution in [3.8, 4) is 10.7 Å². The van der Waals surface area contributed by atoms with Crippen molar-refractivity contribution in [3.63, 3.8) is 0 Å². The molecule has 22 heavy (non-hydrogen) atoms. The molecule has 0 bridgehead atoms. The van der Waals surface area contributed by atoms with Gasteiger partial charge in [0.15, 0.2) is 5.82 Å². The maximum atomic E-state index is 11.7. The summed E-state index contributed by atoms with van der Waals surface area (Å²) in [4.78, 5) is 28.5. The van der Waals surface area contributed by atoms with Gasteiger partial charge in [-0.05, 0) is 24.8 Å². The molecular formula is C13H17N5O2S2. The van der Waals surface area contributed by atoms with E-state index < -0.39 is 6.03 Å². The molecule has 3 amide bonds. The number of nitrogens with zero attached hydrogens (tertiary/aromatic N) is 2. The number of carbonyl (C=O) groups excluding carboxylic acids is 2. The Morgan fingerprint density at radius 1 is 1.50 bits per heavy atom. The highest BCUT2D eigenvalue weighted by Gasteiger charge is 2.12. The molecule has 0 radical (unpaired) electrons. The summed E-state index contributed by atoms with van der Waals surface area (Å²) in [6.45, 7) is 3.83. The Kier molecular flexibility index (Phi) is 5.96. The zero-order valence-corrected chi connectivity index (χ0v) is 13.9. The van der Waals surface area contributed by atoms with E-state index in [-0.39, 0.29) is 17.7 Å². The quantitative estimate of drug-likeness (QED) is 0.701. The van der Waals surface area contributed by atoms with Gasteiger partial charge in [0.05, 0.1) is 10.6 Å². The molecule has 0 aliphatic carbocycles. The second-order valence-corrected chi connectivity index (χ2v) is 6.45. The van der Waals surface area contributed by atoms with Crippen LogP contribution in [0.25, 0.3) is 10.7 Å². The number of hydrogen-bond acceptors (Lipinski definition) is 6. The third kappa shape index (κ3) is 4.85. The van der Waals surface area contributed by atoms with E-state index in [2.05, 4.69) is 25.8 Å². The monoisotopic (exact) mass is 339 g/mol. The summed E-state index contributed by atoms with van der Waals surface area (Å²) >= 11 is 2.73.